The number of ether oxygens (including phenoxy) is 4. The van der Waals surface area contributed by atoms with Crippen molar-refractivity contribution in [3.63, 3.8) is 0 Å². The quantitative estimate of drug-likeness (QED) is 0.294. The molecule has 0 aliphatic rings. The summed E-state index contributed by atoms with van der Waals surface area (Å²) in [5, 5.41) is 10.8. The first-order valence-electron chi connectivity index (χ1n) is 9.11. The third kappa shape index (κ3) is 7.99. The Morgan fingerprint density at radius 1 is 1.11 bits per heavy atom. The minimum Gasteiger partial charge on any atom is -0.475 e. The Morgan fingerprint density at radius 2 is 1.82 bits per heavy atom. The molecule has 0 spiro atoms. The van der Waals surface area contributed by atoms with Gasteiger partial charge < -0.3 is 18.9 Å². The van der Waals surface area contributed by atoms with Crippen molar-refractivity contribution in [1.82, 2.24) is 4.98 Å². The summed E-state index contributed by atoms with van der Waals surface area (Å²) in [5.74, 6) is 0.338. The van der Waals surface area contributed by atoms with Crippen molar-refractivity contribution in [3.8, 4) is 5.88 Å². The van der Waals surface area contributed by atoms with E-state index in [4.69, 9.17) is 18.9 Å². The molecule has 8 heteroatoms. The molecule has 0 aliphatic heterocycles. The van der Waals surface area contributed by atoms with Gasteiger partial charge in [0.1, 0.15) is 12.8 Å². The monoisotopic (exact) mass is 390 g/mol. The molecule has 8 nitrogen and oxygen atoms in total. The van der Waals surface area contributed by atoms with Crippen LogP contribution in [0.25, 0.3) is 0 Å². The molecule has 1 aromatic heterocycles. The van der Waals surface area contributed by atoms with E-state index in [9.17, 15) is 10.1 Å². The predicted octanol–water partition coefficient (Wildman–Crippen LogP) is 3.32. The SMILES string of the molecule is Cc1cc(OC[C@H](C)OCCOCCOCc2ccccc2)ncc1[N+](=O)[O-]. The Bertz CT molecular complexity index is 726. The van der Waals surface area contributed by atoms with Crippen LogP contribution in [0.4, 0.5) is 5.69 Å². The third-order valence-corrected chi connectivity index (χ3v) is 3.83. The van der Waals surface area contributed by atoms with E-state index in [0.717, 1.165) is 5.56 Å². The lowest BCUT2D eigenvalue weighted by Gasteiger charge is -2.14. The van der Waals surface area contributed by atoms with Crippen molar-refractivity contribution in [2.24, 2.45) is 0 Å². The van der Waals surface area contributed by atoms with Crippen LogP contribution < -0.4 is 4.74 Å². The van der Waals surface area contributed by atoms with Crippen LogP contribution in [0.2, 0.25) is 0 Å². The first-order valence-corrected chi connectivity index (χ1v) is 9.11. The number of rotatable bonds is 13. The number of aryl methyl sites for hydroxylation is 1. The highest BCUT2D eigenvalue weighted by atomic mass is 16.6. The summed E-state index contributed by atoms with van der Waals surface area (Å²) in [6.07, 6.45) is 1.04. The summed E-state index contributed by atoms with van der Waals surface area (Å²) in [7, 11) is 0. The van der Waals surface area contributed by atoms with E-state index in [1.54, 1.807) is 13.0 Å². The van der Waals surface area contributed by atoms with Gasteiger partial charge in [0.05, 0.1) is 44.1 Å². The maximum atomic E-state index is 10.8. The van der Waals surface area contributed by atoms with Crippen LogP contribution in [0.3, 0.4) is 0 Å². The van der Waals surface area contributed by atoms with Crippen molar-refractivity contribution < 1.29 is 23.9 Å². The second-order valence-electron chi connectivity index (χ2n) is 6.21. The molecule has 0 saturated carbocycles. The second-order valence-corrected chi connectivity index (χ2v) is 6.21. The van der Waals surface area contributed by atoms with Gasteiger partial charge in [0.25, 0.3) is 5.69 Å². The summed E-state index contributed by atoms with van der Waals surface area (Å²) in [5.41, 5.74) is 1.62. The van der Waals surface area contributed by atoms with E-state index in [2.05, 4.69) is 4.98 Å². The zero-order valence-corrected chi connectivity index (χ0v) is 16.2. The first-order chi connectivity index (χ1) is 13.6. The molecule has 0 aliphatic carbocycles. The van der Waals surface area contributed by atoms with E-state index in [1.807, 2.05) is 37.3 Å². The molecular weight excluding hydrogens is 364 g/mol. The zero-order valence-electron chi connectivity index (χ0n) is 16.2. The van der Waals surface area contributed by atoms with Crippen LogP contribution in [-0.2, 0) is 20.8 Å². The highest BCUT2D eigenvalue weighted by molar-refractivity contribution is 5.39. The number of benzene rings is 1. The Hall–Kier alpha value is -2.55. The molecule has 0 unspecified atom stereocenters. The Balaban J connectivity index is 1.50. The molecule has 0 bridgehead atoms. The van der Waals surface area contributed by atoms with E-state index in [1.165, 1.54) is 6.20 Å². The Kier molecular flexibility index (Phi) is 9.33. The minimum absolute atomic E-state index is 0.0263. The smallest absolute Gasteiger partial charge is 0.290 e. The van der Waals surface area contributed by atoms with Crippen LogP contribution in [0.5, 0.6) is 5.88 Å². The standard InChI is InChI=1S/C20H26N2O6/c1-16-12-20(21-13-19(16)22(23)24)28-14-17(2)27-11-10-25-8-9-26-15-18-6-4-3-5-7-18/h3-7,12-13,17H,8-11,14-15H2,1-2H3/t17-/m0/s1. The molecule has 2 rings (SSSR count). The van der Waals surface area contributed by atoms with Gasteiger partial charge in [0, 0.05) is 11.6 Å². The summed E-state index contributed by atoms with van der Waals surface area (Å²) in [4.78, 5) is 14.2. The van der Waals surface area contributed by atoms with E-state index in [-0.39, 0.29) is 11.8 Å². The number of pyridine rings is 1. The van der Waals surface area contributed by atoms with E-state index >= 15 is 0 Å². The normalized spacial score (nSPS) is 11.9. The number of hydrogen-bond acceptors (Lipinski definition) is 7. The van der Waals surface area contributed by atoms with Crippen molar-refractivity contribution in [3.05, 3.63) is 63.8 Å². The number of aromatic nitrogens is 1. The maximum Gasteiger partial charge on any atom is 0.290 e. The fourth-order valence-corrected chi connectivity index (χ4v) is 2.34. The second kappa shape index (κ2) is 12.0. The molecular formula is C20H26N2O6. The first kappa shape index (κ1) is 21.7. The highest BCUT2D eigenvalue weighted by Gasteiger charge is 2.12. The van der Waals surface area contributed by atoms with Crippen LogP contribution >= 0.6 is 0 Å². The molecule has 0 saturated heterocycles. The van der Waals surface area contributed by atoms with Crippen LogP contribution in [0, 0.1) is 17.0 Å². The van der Waals surface area contributed by atoms with Gasteiger partial charge in [0.15, 0.2) is 0 Å². The molecule has 1 aromatic carbocycles. The number of nitro groups is 1. The van der Waals surface area contributed by atoms with Gasteiger partial charge in [-0.15, -0.1) is 0 Å². The van der Waals surface area contributed by atoms with Crippen molar-refractivity contribution >= 4 is 5.69 Å². The molecule has 0 fully saturated rings. The lowest BCUT2D eigenvalue weighted by Crippen LogP contribution is -2.21. The lowest BCUT2D eigenvalue weighted by atomic mass is 10.2. The molecule has 152 valence electrons. The van der Waals surface area contributed by atoms with Gasteiger partial charge in [-0.25, -0.2) is 4.98 Å². The molecule has 1 heterocycles. The summed E-state index contributed by atoms with van der Waals surface area (Å²) in [6.45, 7) is 6.33. The topological polar surface area (TPSA) is 93.0 Å². The summed E-state index contributed by atoms with van der Waals surface area (Å²) < 4.78 is 22.1. The average molecular weight is 390 g/mol. The van der Waals surface area contributed by atoms with Crippen LogP contribution in [-0.4, -0.2) is 49.0 Å². The average Bonchev–Trinajstić information content (AvgIpc) is 2.69. The highest BCUT2D eigenvalue weighted by Crippen LogP contribution is 2.20. The van der Waals surface area contributed by atoms with Gasteiger partial charge in [-0.1, -0.05) is 30.3 Å². The molecule has 0 radical (unpaired) electrons. The van der Waals surface area contributed by atoms with Gasteiger partial charge >= 0.3 is 0 Å². The summed E-state index contributed by atoms with van der Waals surface area (Å²) in [6, 6.07) is 11.5. The molecule has 2 aromatic rings. The fourth-order valence-electron chi connectivity index (χ4n) is 2.34. The fraction of sp³-hybridized carbons (Fsp3) is 0.450. The predicted molar refractivity (Wildman–Crippen MR) is 103 cm³/mol. The van der Waals surface area contributed by atoms with Crippen LogP contribution in [0.1, 0.15) is 18.1 Å². The minimum atomic E-state index is -0.468. The number of nitrogens with zero attached hydrogens (tertiary/aromatic N) is 2. The largest absolute Gasteiger partial charge is 0.475 e. The zero-order chi connectivity index (χ0) is 20.2. The number of hydrogen-bond donors (Lipinski definition) is 0. The van der Waals surface area contributed by atoms with Gasteiger partial charge in [-0.05, 0) is 19.4 Å². The molecule has 0 N–H and O–H groups in total. The Morgan fingerprint density at radius 3 is 2.54 bits per heavy atom. The van der Waals surface area contributed by atoms with Crippen molar-refractivity contribution in [1.29, 1.82) is 0 Å². The van der Waals surface area contributed by atoms with E-state index in [0.29, 0.717) is 51.1 Å². The lowest BCUT2D eigenvalue weighted by molar-refractivity contribution is -0.385. The third-order valence-electron chi connectivity index (χ3n) is 3.83. The van der Waals surface area contributed by atoms with Crippen molar-refractivity contribution in [2.75, 3.05) is 33.0 Å². The molecule has 28 heavy (non-hydrogen) atoms. The summed E-state index contributed by atoms with van der Waals surface area (Å²) >= 11 is 0. The molecule has 1 atom stereocenters. The van der Waals surface area contributed by atoms with Gasteiger partial charge in [-0.2, -0.15) is 0 Å². The maximum absolute atomic E-state index is 10.8. The van der Waals surface area contributed by atoms with Gasteiger partial charge in [0.2, 0.25) is 5.88 Å². The van der Waals surface area contributed by atoms with Crippen LogP contribution in [0.15, 0.2) is 42.6 Å². The molecule has 0 amide bonds. The van der Waals surface area contributed by atoms with Gasteiger partial charge in [-0.3, -0.25) is 10.1 Å². The Labute approximate surface area is 164 Å². The van der Waals surface area contributed by atoms with E-state index < -0.39 is 4.92 Å². The van der Waals surface area contributed by atoms with Crippen molar-refractivity contribution in [2.45, 2.75) is 26.6 Å².